The summed E-state index contributed by atoms with van der Waals surface area (Å²) < 4.78 is 27.1. The van der Waals surface area contributed by atoms with Gasteiger partial charge in [-0.05, 0) is 51.4 Å². The summed E-state index contributed by atoms with van der Waals surface area (Å²) in [6.07, 6.45) is 4.07. The van der Waals surface area contributed by atoms with Crippen molar-refractivity contribution in [3.05, 3.63) is 17.7 Å². The highest BCUT2D eigenvalue weighted by Gasteiger charge is 2.25. The van der Waals surface area contributed by atoms with E-state index in [1.165, 1.54) is 12.4 Å². The minimum atomic E-state index is -3.57. The fraction of sp³-hybridized carbons (Fsp3) is 0.667. The second-order valence-electron chi connectivity index (χ2n) is 5.21. The Morgan fingerprint density at radius 2 is 1.85 bits per heavy atom. The van der Waals surface area contributed by atoms with Crippen molar-refractivity contribution in [2.45, 2.75) is 43.7 Å². The van der Waals surface area contributed by atoms with Gasteiger partial charge in [0.05, 0.1) is 12.4 Å². The van der Waals surface area contributed by atoms with Crippen molar-refractivity contribution in [3.8, 4) is 0 Å². The Labute approximate surface area is 124 Å². The number of likely N-dealkylation sites (tertiary alicyclic amines) is 1. The number of sulfonamides is 1. The summed E-state index contributed by atoms with van der Waals surface area (Å²) in [4.78, 5) is 9.79. The molecule has 0 bridgehead atoms. The van der Waals surface area contributed by atoms with E-state index in [0.717, 1.165) is 25.9 Å². The lowest BCUT2D eigenvalue weighted by Gasteiger charge is -2.34. The maximum absolute atomic E-state index is 12.2. The van der Waals surface area contributed by atoms with E-state index in [4.69, 9.17) is 11.6 Å². The van der Waals surface area contributed by atoms with Crippen LogP contribution in [-0.4, -0.2) is 48.5 Å². The maximum Gasteiger partial charge on any atom is 0.243 e. The molecule has 8 heteroatoms. The van der Waals surface area contributed by atoms with Gasteiger partial charge in [0.1, 0.15) is 4.90 Å². The van der Waals surface area contributed by atoms with Crippen molar-refractivity contribution in [1.82, 2.24) is 19.6 Å². The van der Waals surface area contributed by atoms with E-state index in [0.29, 0.717) is 6.04 Å². The Balaban J connectivity index is 1.98. The number of hydrogen-bond acceptors (Lipinski definition) is 5. The van der Waals surface area contributed by atoms with Gasteiger partial charge in [0.25, 0.3) is 0 Å². The number of nitrogens with zero attached hydrogens (tertiary/aromatic N) is 3. The van der Waals surface area contributed by atoms with Gasteiger partial charge in [-0.15, -0.1) is 0 Å². The summed E-state index contributed by atoms with van der Waals surface area (Å²) in [7, 11) is -3.57. The van der Waals surface area contributed by atoms with Gasteiger partial charge in [-0.2, -0.15) is 0 Å². The molecule has 1 aliphatic heterocycles. The van der Waals surface area contributed by atoms with Crippen LogP contribution in [0.1, 0.15) is 26.7 Å². The highest BCUT2D eigenvalue weighted by atomic mass is 35.5. The molecule has 20 heavy (non-hydrogen) atoms. The lowest BCUT2D eigenvalue weighted by atomic mass is 10.1. The fourth-order valence-electron chi connectivity index (χ4n) is 2.26. The summed E-state index contributed by atoms with van der Waals surface area (Å²) >= 11 is 5.56. The quantitative estimate of drug-likeness (QED) is 0.846. The van der Waals surface area contributed by atoms with Crippen molar-refractivity contribution < 1.29 is 8.42 Å². The molecule has 0 atom stereocenters. The van der Waals surface area contributed by atoms with Crippen LogP contribution in [0.15, 0.2) is 17.3 Å². The Kier molecular flexibility index (Phi) is 4.95. The molecule has 112 valence electrons. The van der Waals surface area contributed by atoms with E-state index in [1.807, 2.05) is 0 Å². The van der Waals surface area contributed by atoms with Crippen LogP contribution in [0.3, 0.4) is 0 Å². The van der Waals surface area contributed by atoms with Gasteiger partial charge >= 0.3 is 0 Å². The van der Waals surface area contributed by atoms with E-state index >= 15 is 0 Å². The molecule has 1 aromatic heterocycles. The van der Waals surface area contributed by atoms with Crippen LogP contribution in [0, 0.1) is 0 Å². The van der Waals surface area contributed by atoms with Crippen LogP contribution in [0.4, 0.5) is 0 Å². The van der Waals surface area contributed by atoms with Crippen LogP contribution in [0.5, 0.6) is 0 Å². The van der Waals surface area contributed by atoms with Crippen LogP contribution >= 0.6 is 11.6 Å². The number of piperidine rings is 1. The highest BCUT2D eigenvalue weighted by molar-refractivity contribution is 7.89. The molecule has 2 heterocycles. The predicted octanol–water partition coefficient (Wildman–Crippen LogP) is 1.28. The smallest absolute Gasteiger partial charge is 0.243 e. The predicted molar refractivity (Wildman–Crippen MR) is 77.1 cm³/mol. The molecule has 1 aliphatic rings. The summed E-state index contributed by atoms with van der Waals surface area (Å²) in [5.74, 6) is 0. The molecular weight excluding hydrogens is 300 g/mol. The summed E-state index contributed by atoms with van der Waals surface area (Å²) in [5, 5.41) is 0.0363. The van der Waals surface area contributed by atoms with Crippen molar-refractivity contribution >= 4 is 21.6 Å². The maximum atomic E-state index is 12.2. The van der Waals surface area contributed by atoms with E-state index in [2.05, 4.69) is 33.4 Å². The molecule has 0 saturated carbocycles. The van der Waals surface area contributed by atoms with Gasteiger partial charge in [0.2, 0.25) is 15.3 Å². The third kappa shape index (κ3) is 3.88. The van der Waals surface area contributed by atoms with Gasteiger partial charge in [-0.25, -0.2) is 23.1 Å². The molecule has 1 N–H and O–H groups in total. The number of nitrogens with one attached hydrogen (secondary N) is 1. The second-order valence-corrected chi connectivity index (χ2v) is 7.27. The topological polar surface area (TPSA) is 75.2 Å². The molecule has 2 rings (SSSR count). The van der Waals surface area contributed by atoms with Crippen LogP contribution in [0.25, 0.3) is 0 Å². The summed E-state index contributed by atoms with van der Waals surface area (Å²) in [6, 6.07) is 0.461. The molecule has 0 unspecified atom stereocenters. The third-order valence-corrected chi connectivity index (χ3v) is 5.16. The van der Waals surface area contributed by atoms with Gasteiger partial charge in [0, 0.05) is 12.1 Å². The lowest BCUT2D eigenvalue weighted by Crippen LogP contribution is -2.46. The monoisotopic (exact) mass is 318 g/mol. The average Bonchev–Trinajstić information content (AvgIpc) is 2.39. The van der Waals surface area contributed by atoms with E-state index in [1.54, 1.807) is 0 Å². The van der Waals surface area contributed by atoms with Crippen molar-refractivity contribution in [1.29, 1.82) is 0 Å². The normalized spacial score (nSPS) is 18.6. The van der Waals surface area contributed by atoms with Crippen molar-refractivity contribution in [2.24, 2.45) is 0 Å². The highest BCUT2D eigenvalue weighted by Crippen LogP contribution is 2.16. The molecule has 1 fully saturated rings. The molecule has 6 nitrogen and oxygen atoms in total. The first-order chi connectivity index (χ1) is 9.38. The molecule has 0 amide bonds. The van der Waals surface area contributed by atoms with E-state index in [9.17, 15) is 8.42 Å². The van der Waals surface area contributed by atoms with Crippen molar-refractivity contribution in [3.63, 3.8) is 0 Å². The molecule has 0 aliphatic carbocycles. The Hall–Kier alpha value is -0.760. The SMILES string of the molecule is CC(C)N1CCC(NS(=O)(=O)c2cnc(Cl)nc2)CC1. The number of aromatic nitrogens is 2. The molecule has 0 aromatic carbocycles. The average molecular weight is 319 g/mol. The zero-order valence-electron chi connectivity index (χ0n) is 11.6. The Morgan fingerprint density at radius 3 is 2.35 bits per heavy atom. The molecule has 1 saturated heterocycles. The first-order valence-corrected chi connectivity index (χ1v) is 8.48. The first-order valence-electron chi connectivity index (χ1n) is 6.62. The Bertz CT molecular complexity index is 539. The zero-order valence-corrected chi connectivity index (χ0v) is 13.2. The van der Waals surface area contributed by atoms with Gasteiger partial charge in [0.15, 0.2) is 0 Å². The first kappa shape index (κ1) is 15.6. The zero-order chi connectivity index (χ0) is 14.8. The van der Waals surface area contributed by atoms with E-state index in [-0.39, 0.29) is 16.2 Å². The van der Waals surface area contributed by atoms with Crippen LogP contribution in [-0.2, 0) is 10.0 Å². The third-order valence-electron chi connectivity index (χ3n) is 3.49. The van der Waals surface area contributed by atoms with Gasteiger partial charge < -0.3 is 4.90 Å². The van der Waals surface area contributed by atoms with E-state index < -0.39 is 10.0 Å². The lowest BCUT2D eigenvalue weighted by molar-refractivity contribution is 0.168. The summed E-state index contributed by atoms with van der Waals surface area (Å²) in [5.41, 5.74) is 0. The molecule has 0 spiro atoms. The second kappa shape index (κ2) is 6.34. The van der Waals surface area contributed by atoms with Crippen LogP contribution < -0.4 is 4.72 Å². The van der Waals surface area contributed by atoms with Gasteiger partial charge in [-0.3, -0.25) is 0 Å². The number of rotatable bonds is 4. The number of halogens is 1. The summed E-state index contributed by atoms with van der Waals surface area (Å²) in [6.45, 7) is 6.11. The Morgan fingerprint density at radius 1 is 1.30 bits per heavy atom. The molecule has 1 aromatic rings. The number of hydrogen-bond donors (Lipinski definition) is 1. The van der Waals surface area contributed by atoms with Crippen LogP contribution in [0.2, 0.25) is 5.28 Å². The molecular formula is C12H19ClN4O2S. The van der Waals surface area contributed by atoms with Gasteiger partial charge in [-0.1, -0.05) is 0 Å². The van der Waals surface area contributed by atoms with Crippen molar-refractivity contribution in [2.75, 3.05) is 13.1 Å². The largest absolute Gasteiger partial charge is 0.301 e. The molecule has 0 radical (unpaired) electrons. The standard InChI is InChI=1S/C12H19ClN4O2S/c1-9(2)17-5-3-10(4-6-17)16-20(18,19)11-7-14-12(13)15-8-11/h7-10,16H,3-6H2,1-2H3. The minimum absolute atomic E-state index is 0.0363. The fourth-order valence-corrected chi connectivity index (χ4v) is 3.55. The minimum Gasteiger partial charge on any atom is -0.301 e.